The molecule has 3 aliphatic rings. The van der Waals surface area contributed by atoms with Gasteiger partial charge >= 0.3 is 0 Å². The lowest BCUT2D eigenvalue weighted by atomic mass is 9.52. The lowest BCUT2D eigenvalue weighted by Crippen LogP contribution is -2.46. The zero-order chi connectivity index (χ0) is 19.2. The molecule has 0 aromatic rings. The van der Waals surface area contributed by atoms with Crippen molar-refractivity contribution in [2.24, 2.45) is 71.0 Å². The Morgan fingerprint density at radius 3 is 1.38 bits per heavy atom. The van der Waals surface area contributed by atoms with Gasteiger partial charge in [-0.25, -0.2) is 0 Å². The third-order valence-electron chi connectivity index (χ3n) is 9.85. The molecule has 11 unspecified atom stereocenters. The first-order valence-electron chi connectivity index (χ1n) is 12.2. The second-order valence-corrected chi connectivity index (χ2v) is 11.7. The van der Waals surface area contributed by atoms with Crippen LogP contribution in [0.3, 0.4) is 0 Å². The van der Waals surface area contributed by atoms with Gasteiger partial charge in [0.1, 0.15) is 0 Å². The van der Waals surface area contributed by atoms with Gasteiger partial charge in [0.25, 0.3) is 0 Å². The van der Waals surface area contributed by atoms with Gasteiger partial charge in [0, 0.05) is 0 Å². The SMILES string of the molecule is CCC1C(C)CC1C(C)CC1C(C)CC1C(C)CC1C(C)CC1C(C)C. The fourth-order valence-corrected chi connectivity index (χ4v) is 7.82. The molecule has 11 atom stereocenters. The first kappa shape index (κ1) is 20.7. The monoisotopic (exact) mass is 360 g/mol. The average molecular weight is 361 g/mol. The van der Waals surface area contributed by atoms with Gasteiger partial charge in [-0.15, -0.1) is 0 Å². The van der Waals surface area contributed by atoms with E-state index >= 15 is 0 Å². The molecule has 3 rings (SSSR count). The highest BCUT2D eigenvalue weighted by atomic mass is 14.5. The summed E-state index contributed by atoms with van der Waals surface area (Å²) in [7, 11) is 0. The summed E-state index contributed by atoms with van der Waals surface area (Å²) in [4.78, 5) is 0. The van der Waals surface area contributed by atoms with Gasteiger partial charge < -0.3 is 0 Å². The molecule has 0 spiro atoms. The van der Waals surface area contributed by atoms with Crippen LogP contribution in [0.5, 0.6) is 0 Å². The molecular formula is C26H48. The van der Waals surface area contributed by atoms with E-state index in [0.29, 0.717) is 0 Å². The van der Waals surface area contributed by atoms with E-state index in [2.05, 4.69) is 55.4 Å². The van der Waals surface area contributed by atoms with Gasteiger partial charge in [-0.1, -0.05) is 61.8 Å². The van der Waals surface area contributed by atoms with E-state index < -0.39 is 0 Å². The summed E-state index contributed by atoms with van der Waals surface area (Å²) < 4.78 is 0. The summed E-state index contributed by atoms with van der Waals surface area (Å²) in [5.41, 5.74) is 0. The lowest BCUT2D eigenvalue weighted by molar-refractivity contribution is -0.0413. The molecule has 0 radical (unpaired) electrons. The van der Waals surface area contributed by atoms with Crippen molar-refractivity contribution in [3.63, 3.8) is 0 Å². The normalized spacial score (nSPS) is 47.7. The van der Waals surface area contributed by atoms with Crippen molar-refractivity contribution >= 4 is 0 Å². The summed E-state index contributed by atoms with van der Waals surface area (Å²) >= 11 is 0. The Bertz CT molecular complexity index is 451. The number of hydrogen-bond acceptors (Lipinski definition) is 0. The van der Waals surface area contributed by atoms with Gasteiger partial charge in [-0.05, 0) is 103 Å². The van der Waals surface area contributed by atoms with Crippen LogP contribution in [0.4, 0.5) is 0 Å². The third kappa shape index (κ3) is 3.77. The zero-order valence-electron chi connectivity index (χ0n) is 19.2. The molecule has 0 aromatic carbocycles. The van der Waals surface area contributed by atoms with Gasteiger partial charge in [-0.3, -0.25) is 0 Å². The molecule has 0 saturated heterocycles. The number of rotatable bonds is 8. The maximum atomic E-state index is 2.61. The minimum absolute atomic E-state index is 0.895. The van der Waals surface area contributed by atoms with Crippen LogP contribution in [0.15, 0.2) is 0 Å². The molecular weight excluding hydrogens is 312 g/mol. The van der Waals surface area contributed by atoms with Gasteiger partial charge in [0.05, 0.1) is 0 Å². The topological polar surface area (TPSA) is 0 Å². The Kier molecular flexibility index (Phi) is 6.51. The predicted molar refractivity (Wildman–Crippen MR) is 115 cm³/mol. The Hall–Kier alpha value is 0. The van der Waals surface area contributed by atoms with Gasteiger partial charge in [-0.2, -0.15) is 0 Å². The van der Waals surface area contributed by atoms with Crippen LogP contribution in [0.1, 0.15) is 93.9 Å². The van der Waals surface area contributed by atoms with E-state index in [-0.39, 0.29) is 0 Å². The Morgan fingerprint density at radius 2 is 1.00 bits per heavy atom. The predicted octanol–water partition coefficient (Wildman–Crippen LogP) is 7.92. The average Bonchev–Trinajstić information content (AvgIpc) is 2.57. The molecule has 26 heavy (non-hydrogen) atoms. The van der Waals surface area contributed by atoms with Crippen LogP contribution in [-0.4, -0.2) is 0 Å². The molecule has 0 amide bonds. The maximum absolute atomic E-state index is 2.61. The molecule has 3 aliphatic carbocycles. The molecule has 3 saturated carbocycles. The summed E-state index contributed by atoms with van der Waals surface area (Å²) in [6, 6.07) is 0. The van der Waals surface area contributed by atoms with Crippen LogP contribution < -0.4 is 0 Å². The molecule has 0 heteroatoms. The Morgan fingerprint density at radius 1 is 0.615 bits per heavy atom. The smallest absolute Gasteiger partial charge is 0.0355 e. The van der Waals surface area contributed by atoms with E-state index in [0.717, 1.165) is 71.0 Å². The van der Waals surface area contributed by atoms with E-state index in [4.69, 9.17) is 0 Å². The van der Waals surface area contributed by atoms with Crippen molar-refractivity contribution < 1.29 is 0 Å². The van der Waals surface area contributed by atoms with Crippen molar-refractivity contribution in [1.82, 2.24) is 0 Å². The van der Waals surface area contributed by atoms with Crippen molar-refractivity contribution in [2.75, 3.05) is 0 Å². The second-order valence-electron chi connectivity index (χ2n) is 11.7. The van der Waals surface area contributed by atoms with Crippen LogP contribution >= 0.6 is 0 Å². The molecule has 3 fully saturated rings. The third-order valence-corrected chi connectivity index (χ3v) is 9.85. The van der Waals surface area contributed by atoms with Crippen LogP contribution in [-0.2, 0) is 0 Å². The first-order chi connectivity index (χ1) is 12.2. The summed E-state index contributed by atoms with van der Waals surface area (Å²) in [5.74, 6) is 12.0. The fourth-order valence-electron chi connectivity index (χ4n) is 7.82. The zero-order valence-corrected chi connectivity index (χ0v) is 19.2. The molecule has 0 bridgehead atoms. The van der Waals surface area contributed by atoms with E-state index in [1.54, 1.807) is 0 Å². The van der Waals surface area contributed by atoms with Crippen LogP contribution in [0, 0.1) is 71.0 Å². The summed E-state index contributed by atoms with van der Waals surface area (Å²) in [5, 5.41) is 0. The molecule has 0 aromatic heterocycles. The van der Waals surface area contributed by atoms with Gasteiger partial charge in [0.2, 0.25) is 0 Å². The van der Waals surface area contributed by atoms with Crippen LogP contribution in [0.2, 0.25) is 0 Å². The maximum Gasteiger partial charge on any atom is -0.0355 e. The first-order valence-corrected chi connectivity index (χ1v) is 12.2. The molecule has 152 valence electrons. The lowest BCUT2D eigenvalue weighted by Gasteiger charge is -2.53. The Labute approximate surface area is 165 Å². The second kappa shape index (κ2) is 8.16. The van der Waals surface area contributed by atoms with Crippen molar-refractivity contribution in [3.05, 3.63) is 0 Å². The number of hydrogen-bond donors (Lipinski definition) is 0. The Balaban J connectivity index is 1.52. The standard InChI is InChI=1S/C26H48/c1-9-21-16(4)11-23(21)18(6)13-25-20(8)14-26(25)19(7)12-24-17(5)10-22(24)15(2)3/h15-26H,9-14H2,1-8H3. The molecule has 0 N–H and O–H groups in total. The van der Waals surface area contributed by atoms with Crippen LogP contribution in [0.25, 0.3) is 0 Å². The van der Waals surface area contributed by atoms with Gasteiger partial charge in [0.15, 0.2) is 0 Å². The molecule has 0 nitrogen and oxygen atoms in total. The summed E-state index contributed by atoms with van der Waals surface area (Å²) in [6.45, 7) is 20.1. The fraction of sp³-hybridized carbons (Fsp3) is 1.00. The molecule has 0 heterocycles. The highest BCUT2D eigenvalue weighted by Gasteiger charge is 2.47. The largest absolute Gasteiger partial charge is 0.0651 e. The van der Waals surface area contributed by atoms with E-state index in [9.17, 15) is 0 Å². The minimum Gasteiger partial charge on any atom is -0.0651 e. The van der Waals surface area contributed by atoms with Crippen molar-refractivity contribution in [3.8, 4) is 0 Å². The molecule has 0 aliphatic heterocycles. The van der Waals surface area contributed by atoms with Crippen molar-refractivity contribution in [2.45, 2.75) is 93.9 Å². The minimum atomic E-state index is 0.895. The highest BCUT2D eigenvalue weighted by molar-refractivity contribution is 4.96. The van der Waals surface area contributed by atoms with Crippen molar-refractivity contribution in [1.29, 1.82) is 0 Å². The summed E-state index contributed by atoms with van der Waals surface area (Å²) in [6.07, 6.45) is 8.98. The quantitative estimate of drug-likeness (QED) is 0.412. The highest BCUT2D eigenvalue weighted by Crippen LogP contribution is 2.55. The van der Waals surface area contributed by atoms with E-state index in [1.807, 2.05) is 0 Å². The van der Waals surface area contributed by atoms with E-state index in [1.165, 1.54) is 38.5 Å².